The number of amides is 1. The highest BCUT2D eigenvalue weighted by molar-refractivity contribution is 7.88. The molecule has 29 heavy (non-hydrogen) atoms. The van der Waals surface area contributed by atoms with Crippen molar-refractivity contribution in [1.82, 2.24) is 9.44 Å². The van der Waals surface area contributed by atoms with Crippen molar-refractivity contribution in [2.75, 3.05) is 6.54 Å². The van der Waals surface area contributed by atoms with Crippen LogP contribution in [0.25, 0.3) is 0 Å². The average Bonchev–Trinajstić information content (AvgIpc) is 2.64. The molecule has 2 N–H and O–H groups in total. The van der Waals surface area contributed by atoms with E-state index in [4.69, 9.17) is 4.74 Å². The molecule has 0 bridgehead atoms. The summed E-state index contributed by atoms with van der Waals surface area (Å²) in [5.74, 6) is 0. The van der Waals surface area contributed by atoms with Crippen molar-refractivity contribution < 1.29 is 17.9 Å². The predicted molar refractivity (Wildman–Crippen MR) is 115 cm³/mol. The zero-order valence-electron chi connectivity index (χ0n) is 17.0. The molecule has 1 amide bonds. The zero-order valence-corrected chi connectivity index (χ0v) is 17.8. The van der Waals surface area contributed by atoms with Gasteiger partial charge in [0.15, 0.2) is 0 Å². The molecule has 0 atom stereocenters. The Morgan fingerprint density at radius 1 is 1.00 bits per heavy atom. The van der Waals surface area contributed by atoms with Gasteiger partial charge in [-0.15, -0.1) is 6.58 Å². The summed E-state index contributed by atoms with van der Waals surface area (Å²) < 4.78 is 34.4. The maximum atomic E-state index is 12.5. The van der Waals surface area contributed by atoms with E-state index in [1.165, 1.54) is 0 Å². The maximum Gasteiger partial charge on any atom is 0.422 e. The minimum atomic E-state index is -4.13. The van der Waals surface area contributed by atoms with Crippen molar-refractivity contribution in [3.8, 4) is 0 Å². The van der Waals surface area contributed by atoms with Gasteiger partial charge in [-0.25, -0.2) is 9.52 Å². The Bertz CT molecular complexity index is 881. The second-order valence-corrected chi connectivity index (χ2v) is 9.24. The van der Waals surface area contributed by atoms with Crippen molar-refractivity contribution in [3.05, 3.63) is 84.4 Å². The topological polar surface area (TPSA) is 84.5 Å². The van der Waals surface area contributed by atoms with E-state index in [1.54, 1.807) is 26.8 Å². The first kappa shape index (κ1) is 22.6. The van der Waals surface area contributed by atoms with E-state index in [9.17, 15) is 13.2 Å². The van der Waals surface area contributed by atoms with Gasteiger partial charge in [-0.2, -0.15) is 13.1 Å². The molecular formula is C22H28N2O4S. The molecule has 0 radical (unpaired) electrons. The number of hydrogen-bond donors (Lipinski definition) is 2. The van der Waals surface area contributed by atoms with Gasteiger partial charge in [0.2, 0.25) is 0 Å². The summed E-state index contributed by atoms with van der Waals surface area (Å²) in [5.41, 5.74) is 0.380. The monoisotopic (exact) mass is 416 g/mol. The molecule has 2 aromatic rings. The number of nitrogens with one attached hydrogen (secondary N) is 2. The zero-order chi connectivity index (χ0) is 21.5. The standard InChI is InChI=1S/C22H28N2O4S/c1-5-16-22(18-12-8-6-9-13-18,19-14-10-7-11-15-19)17-23-29(26,27)24-20(25)28-21(2,3)4/h5-15,23H,1,16-17H2,2-4H3,(H,24,25). The second kappa shape index (κ2) is 9.24. The van der Waals surface area contributed by atoms with Crippen LogP contribution < -0.4 is 9.44 Å². The Labute approximate surface area is 173 Å². The van der Waals surface area contributed by atoms with Crippen LogP contribution in [0.4, 0.5) is 4.79 Å². The summed E-state index contributed by atoms with van der Waals surface area (Å²) in [5, 5.41) is 0. The third-order valence-electron chi connectivity index (χ3n) is 4.33. The molecule has 0 aliphatic carbocycles. The minimum Gasteiger partial charge on any atom is -0.443 e. The lowest BCUT2D eigenvalue weighted by Crippen LogP contribution is -2.48. The normalized spacial score (nSPS) is 12.2. The number of carbonyl (C=O) groups excluding carboxylic acids is 1. The Morgan fingerprint density at radius 2 is 1.48 bits per heavy atom. The van der Waals surface area contributed by atoms with Crippen LogP contribution in [0.3, 0.4) is 0 Å². The predicted octanol–water partition coefficient (Wildman–Crippen LogP) is 3.91. The molecule has 0 aromatic heterocycles. The number of hydrogen-bond acceptors (Lipinski definition) is 4. The molecule has 7 heteroatoms. The quantitative estimate of drug-likeness (QED) is 0.639. The van der Waals surface area contributed by atoms with E-state index >= 15 is 0 Å². The molecule has 6 nitrogen and oxygen atoms in total. The second-order valence-electron chi connectivity index (χ2n) is 7.74. The summed E-state index contributed by atoms with van der Waals surface area (Å²) in [4.78, 5) is 11.9. The largest absolute Gasteiger partial charge is 0.443 e. The van der Waals surface area contributed by atoms with Crippen molar-refractivity contribution in [3.63, 3.8) is 0 Å². The SMILES string of the molecule is C=CCC(CNS(=O)(=O)NC(=O)OC(C)(C)C)(c1ccccc1)c1ccccc1. The van der Waals surface area contributed by atoms with Gasteiger partial charge >= 0.3 is 16.3 Å². The summed E-state index contributed by atoms with van der Waals surface area (Å²) in [6.07, 6.45) is 1.23. The van der Waals surface area contributed by atoms with E-state index in [2.05, 4.69) is 11.3 Å². The van der Waals surface area contributed by atoms with Crippen LogP contribution in [-0.4, -0.2) is 26.7 Å². The van der Waals surface area contributed by atoms with Gasteiger partial charge in [0.25, 0.3) is 0 Å². The van der Waals surface area contributed by atoms with Gasteiger partial charge in [-0.05, 0) is 38.3 Å². The number of ether oxygens (including phenoxy) is 1. The van der Waals surface area contributed by atoms with Gasteiger partial charge in [-0.1, -0.05) is 66.7 Å². The van der Waals surface area contributed by atoms with Crippen molar-refractivity contribution in [2.45, 2.75) is 38.2 Å². The molecule has 2 rings (SSSR count). The fourth-order valence-electron chi connectivity index (χ4n) is 3.10. The maximum absolute atomic E-state index is 12.5. The van der Waals surface area contributed by atoms with Crippen molar-refractivity contribution in [2.24, 2.45) is 0 Å². The Morgan fingerprint density at radius 3 is 1.90 bits per heavy atom. The first-order valence-electron chi connectivity index (χ1n) is 9.30. The Balaban J connectivity index is 2.33. The summed E-state index contributed by atoms with van der Waals surface area (Å²) in [6, 6.07) is 19.2. The lowest BCUT2D eigenvalue weighted by atomic mass is 9.72. The minimum absolute atomic E-state index is 0.0329. The molecule has 0 aliphatic rings. The Kier molecular flexibility index (Phi) is 7.21. The van der Waals surface area contributed by atoms with E-state index < -0.39 is 27.3 Å². The summed E-state index contributed by atoms with van der Waals surface area (Å²) >= 11 is 0. The van der Waals surface area contributed by atoms with Gasteiger partial charge in [0.1, 0.15) is 5.60 Å². The third-order valence-corrected chi connectivity index (χ3v) is 5.29. The van der Waals surface area contributed by atoms with Crippen LogP contribution in [0.5, 0.6) is 0 Å². The molecule has 2 aromatic carbocycles. The molecule has 0 unspecified atom stereocenters. The number of rotatable bonds is 8. The molecule has 0 fully saturated rings. The van der Waals surface area contributed by atoms with Gasteiger partial charge in [-0.3, -0.25) is 0 Å². The number of carbonyl (C=O) groups is 1. The van der Waals surface area contributed by atoms with Gasteiger partial charge < -0.3 is 4.74 Å². The van der Waals surface area contributed by atoms with Gasteiger partial charge in [0.05, 0.1) is 0 Å². The van der Waals surface area contributed by atoms with Crippen LogP contribution in [0.1, 0.15) is 38.3 Å². The summed E-state index contributed by atoms with van der Waals surface area (Å²) in [6.45, 7) is 8.87. The first-order valence-corrected chi connectivity index (χ1v) is 10.8. The van der Waals surface area contributed by atoms with Gasteiger partial charge in [0, 0.05) is 12.0 Å². The molecule has 0 heterocycles. The molecule has 0 aliphatic heterocycles. The average molecular weight is 417 g/mol. The fourth-order valence-corrected chi connectivity index (χ4v) is 3.87. The van der Waals surface area contributed by atoms with Crippen LogP contribution in [0.15, 0.2) is 73.3 Å². The lowest BCUT2D eigenvalue weighted by molar-refractivity contribution is 0.0569. The van der Waals surface area contributed by atoms with E-state index in [0.717, 1.165) is 11.1 Å². The molecule has 156 valence electrons. The lowest BCUT2D eigenvalue weighted by Gasteiger charge is -2.34. The van der Waals surface area contributed by atoms with Crippen LogP contribution in [0.2, 0.25) is 0 Å². The van der Waals surface area contributed by atoms with Crippen molar-refractivity contribution >= 4 is 16.3 Å². The number of benzene rings is 2. The van der Waals surface area contributed by atoms with E-state index in [-0.39, 0.29) is 6.54 Å². The van der Waals surface area contributed by atoms with E-state index in [0.29, 0.717) is 6.42 Å². The molecule has 0 spiro atoms. The van der Waals surface area contributed by atoms with Crippen LogP contribution >= 0.6 is 0 Å². The highest BCUT2D eigenvalue weighted by Crippen LogP contribution is 2.35. The number of allylic oxidation sites excluding steroid dienone is 1. The van der Waals surface area contributed by atoms with Crippen molar-refractivity contribution in [1.29, 1.82) is 0 Å². The molecule has 0 saturated heterocycles. The van der Waals surface area contributed by atoms with Crippen LogP contribution in [0, 0.1) is 0 Å². The first-order chi connectivity index (χ1) is 13.6. The highest BCUT2D eigenvalue weighted by Gasteiger charge is 2.35. The fraction of sp³-hybridized carbons (Fsp3) is 0.318. The smallest absolute Gasteiger partial charge is 0.422 e. The molecular weight excluding hydrogens is 388 g/mol. The summed E-state index contributed by atoms with van der Waals surface area (Å²) in [7, 11) is -4.13. The van der Waals surface area contributed by atoms with E-state index in [1.807, 2.05) is 65.4 Å². The highest BCUT2D eigenvalue weighted by atomic mass is 32.2. The molecule has 0 saturated carbocycles. The Hall–Kier alpha value is -2.64. The third kappa shape index (κ3) is 6.44. The van der Waals surface area contributed by atoms with Crippen LogP contribution in [-0.2, 0) is 20.4 Å².